The van der Waals surface area contributed by atoms with E-state index in [1.54, 1.807) is 30.3 Å². The summed E-state index contributed by atoms with van der Waals surface area (Å²) in [5, 5.41) is 0. The van der Waals surface area contributed by atoms with Gasteiger partial charge < -0.3 is 15.2 Å². The zero-order valence-electron chi connectivity index (χ0n) is 9.23. The van der Waals surface area contributed by atoms with Crippen molar-refractivity contribution in [2.24, 2.45) is 0 Å². The Labute approximate surface area is 90.0 Å². The number of rotatable bonds is 4. The number of carbonyl (C=O) groups is 1. The molecular formula is C11H17N3O. The molecule has 0 aliphatic carbocycles. The third-order valence-corrected chi connectivity index (χ3v) is 2.23. The highest BCUT2D eigenvalue weighted by Gasteiger charge is 2.15. The Morgan fingerprint density at radius 2 is 2.40 bits per heavy atom. The topological polar surface area (TPSA) is 51.3 Å². The van der Waals surface area contributed by atoms with Crippen LogP contribution >= 0.6 is 0 Å². The highest BCUT2D eigenvalue weighted by molar-refractivity contribution is 5.93. The van der Waals surface area contributed by atoms with E-state index in [1.807, 2.05) is 11.5 Å². The van der Waals surface area contributed by atoms with Crippen molar-refractivity contribution in [3.63, 3.8) is 0 Å². The van der Waals surface area contributed by atoms with Gasteiger partial charge in [0.15, 0.2) is 0 Å². The molecule has 1 rings (SSSR count). The van der Waals surface area contributed by atoms with Crippen molar-refractivity contribution < 1.29 is 4.79 Å². The predicted molar refractivity (Wildman–Crippen MR) is 61.7 cm³/mol. The SMILES string of the molecule is C=CCN(C)C(=O)c1cc(N)cn1CC. The lowest BCUT2D eigenvalue weighted by Crippen LogP contribution is -2.28. The van der Waals surface area contributed by atoms with Gasteiger partial charge in [0.25, 0.3) is 5.91 Å². The van der Waals surface area contributed by atoms with Crippen molar-refractivity contribution in [3.05, 3.63) is 30.6 Å². The summed E-state index contributed by atoms with van der Waals surface area (Å²) in [4.78, 5) is 13.5. The summed E-state index contributed by atoms with van der Waals surface area (Å²) in [6.07, 6.45) is 3.47. The van der Waals surface area contributed by atoms with Crippen LogP contribution in [0.3, 0.4) is 0 Å². The summed E-state index contributed by atoms with van der Waals surface area (Å²) < 4.78 is 1.84. The Kier molecular flexibility index (Phi) is 3.55. The second-order valence-corrected chi connectivity index (χ2v) is 3.42. The number of hydrogen-bond acceptors (Lipinski definition) is 2. The molecular weight excluding hydrogens is 190 g/mol. The highest BCUT2D eigenvalue weighted by atomic mass is 16.2. The summed E-state index contributed by atoms with van der Waals surface area (Å²) in [6, 6.07) is 1.70. The van der Waals surface area contributed by atoms with Gasteiger partial charge in [-0.15, -0.1) is 6.58 Å². The van der Waals surface area contributed by atoms with Crippen molar-refractivity contribution in [2.45, 2.75) is 13.5 Å². The molecule has 0 saturated heterocycles. The normalized spacial score (nSPS) is 10.0. The van der Waals surface area contributed by atoms with Crippen LogP contribution in [-0.2, 0) is 6.54 Å². The highest BCUT2D eigenvalue weighted by Crippen LogP contribution is 2.12. The predicted octanol–water partition coefficient (Wildman–Crippen LogP) is 1.35. The van der Waals surface area contributed by atoms with Crippen LogP contribution in [0.25, 0.3) is 0 Å². The molecule has 0 unspecified atom stereocenters. The van der Waals surface area contributed by atoms with Gasteiger partial charge in [0.2, 0.25) is 0 Å². The van der Waals surface area contributed by atoms with Crippen molar-refractivity contribution >= 4 is 11.6 Å². The first-order valence-electron chi connectivity index (χ1n) is 4.92. The lowest BCUT2D eigenvalue weighted by atomic mass is 10.3. The number of nitrogens with two attached hydrogens (primary N) is 1. The molecule has 2 N–H and O–H groups in total. The molecule has 0 fully saturated rings. The monoisotopic (exact) mass is 207 g/mol. The van der Waals surface area contributed by atoms with Gasteiger partial charge in [0, 0.05) is 26.3 Å². The van der Waals surface area contributed by atoms with Gasteiger partial charge in [-0.2, -0.15) is 0 Å². The molecule has 0 bridgehead atoms. The summed E-state index contributed by atoms with van der Waals surface area (Å²) in [6.45, 7) is 6.85. The molecule has 4 nitrogen and oxygen atoms in total. The molecule has 82 valence electrons. The number of amides is 1. The Bertz CT molecular complexity index is 368. The largest absolute Gasteiger partial charge is 0.397 e. The number of anilines is 1. The number of nitrogens with zero attached hydrogens (tertiary/aromatic N) is 2. The van der Waals surface area contributed by atoms with Crippen LogP contribution in [0, 0.1) is 0 Å². The van der Waals surface area contributed by atoms with Crippen LogP contribution < -0.4 is 5.73 Å². The number of aryl methyl sites for hydroxylation is 1. The Balaban J connectivity index is 2.94. The fourth-order valence-corrected chi connectivity index (χ4v) is 1.45. The van der Waals surface area contributed by atoms with E-state index in [4.69, 9.17) is 5.73 Å². The summed E-state index contributed by atoms with van der Waals surface area (Å²) in [7, 11) is 1.74. The molecule has 0 saturated carbocycles. The Hall–Kier alpha value is -1.71. The van der Waals surface area contributed by atoms with Gasteiger partial charge in [-0.1, -0.05) is 6.08 Å². The van der Waals surface area contributed by atoms with Crippen LogP contribution in [0.5, 0.6) is 0 Å². The number of likely N-dealkylation sites (N-methyl/N-ethyl adjacent to an activating group) is 1. The van der Waals surface area contributed by atoms with Crippen molar-refractivity contribution in [1.29, 1.82) is 0 Å². The van der Waals surface area contributed by atoms with Crippen molar-refractivity contribution in [1.82, 2.24) is 9.47 Å². The molecule has 0 radical (unpaired) electrons. The molecule has 0 aromatic carbocycles. The van der Waals surface area contributed by atoms with E-state index in [9.17, 15) is 4.79 Å². The zero-order chi connectivity index (χ0) is 11.4. The molecule has 15 heavy (non-hydrogen) atoms. The van der Waals surface area contributed by atoms with Crippen molar-refractivity contribution in [3.8, 4) is 0 Å². The van der Waals surface area contributed by atoms with Crippen LogP contribution in [-0.4, -0.2) is 29.0 Å². The van der Waals surface area contributed by atoms with E-state index in [0.29, 0.717) is 17.9 Å². The second-order valence-electron chi connectivity index (χ2n) is 3.42. The summed E-state index contributed by atoms with van der Waals surface area (Å²) in [5.41, 5.74) is 6.90. The molecule has 0 aliphatic rings. The molecule has 1 aromatic heterocycles. The number of hydrogen-bond donors (Lipinski definition) is 1. The van der Waals surface area contributed by atoms with Crippen LogP contribution in [0.2, 0.25) is 0 Å². The minimum atomic E-state index is -0.0338. The van der Waals surface area contributed by atoms with Gasteiger partial charge in [-0.3, -0.25) is 4.79 Å². The minimum absolute atomic E-state index is 0.0338. The first-order chi connectivity index (χ1) is 7.10. The molecule has 1 aromatic rings. The van der Waals surface area contributed by atoms with Crippen LogP contribution in [0.4, 0.5) is 5.69 Å². The van der Waals surface area contributed by atoms with E-state index >= 15 is 0 Å². The van der Waals surface area contributed by atoms with Crippen LogP contribution in [0.15, 0.2) is 24.9 Å². The smallest absolute Gasteiger partial charge is 0.270 e. The second kappa shape index (κ2) is 4.68. The minimum Gasteiger partial charge on any atom is -0.397 e. The van der Waals surface area contributed by atoms with E-state index in [2.05, 4.69) is 6.58 Å². The van der Waals surface area contributed by atoms with Gasteiger partial charge >= 0.3 is 0 Å². The Morgan fingerprint density at radius 1 is 1.73 bits per heavy atom. The summed E-state index contributed by atoms with van der Waals surface area (Å²) in [5.74, 6) is -0.0338. The van der Waals surface area contributed by atoms with E-state index < -0.39 is 0 Å². The number of carbonyl (C=O) groups excluding carboxylic acids is 1. The number of aromatic nitrogens is 1. The maximum atomic E-state index is 11.9. The third kappa shape index (κ3) is 2.40. The quantitative estimate of drug-likeness (QED) is 0.758. The third-order valence-electron chi connectivity index (χ3n) is 2.23. The van der Waals surface area contributed by atoms with E-state index in [-0.39, 0.29) is 5.91 Å². The van der Waals surface area contributed by atoms with E-state index in [0.717, 1.165) is 6.54 Å². The average Bonchev–Trinajstić information content (AvgIpc) is 2.58. The molecule has 0 atom stereocenters. The standard InChI is InChI=1S/C11H17N3O/c1-4-6-13(3)11(15)10-7-9(12)8-14(10)5-2/h4,7-8H,1,5-6,12H2,2-3H3. The molecule has 1 amide bonds. The maximum Gasteiger partial charge on any atom is 0.270 e. The van der Waals surface area contributed by atoms with Gasteiger partial charge in [-0.25, -0.2) is 0 Å². The molecule has 1 heterocycles. The summed E-state index contributed by atoms with van der Waals surface area (Å²) >= 11 is 0. The molecule has 0 spiro atoms. The average molecular weight is 207 g/mol. The maximum absolute atomic E-state index is 11.9. The van der Waals surface area contributed by atoms with Crippen LogP contribution in [0.1, 0.15) is 17.4 Å². The lowest BCUT2D eigenvalue weighted by Gasteiger charge is -2.15. The van der Waals surface area contributed by atoms with Gasteiger partial charge in [0.05, 0.1) is 5.69 Å². The van der Waals surface area contributed by atoms with E-state index in [1.165, 1.54) is 0 Å². The van der Waals surface area contributed by atoms with Gasteiger partial charge in [0.1, 0.15) is 5.69 Å². The number of nitrogen functional groups attached to an aromatic ring is 1. The Morgan fingerprint density at radius 3 is 2.93 bits per heavy atom. The fourth-order valence-electron chi connectivity index (χ4n) is 1.45. The fraction of sp³-hybridized carbons (Fsp3) is 0.364. The van der Waals surface area contributed by atoms with Crippen molar-refractivity contribution in [2.75, 3.05) is 19.3 Å². The molecule has 0 aliphatic heterocycles. The zero-order valence-corrected chi connectivity index (χ0v) is 9.23. The lowest BCUT2D eigenvalue weighted by molar-refractivity contribution is 0.0800. The first-order valence-corrected chi connectivity index (χ1v) is 4.92. The van der Waals surface area contributed by atoms with Gasteiger partial charge in [-0.05, 0) is 13.0 Å². The first kappa shape index (κ1) is 11.4. The molecule has 4 heteroatoms.